The molecule has 0 saturated heterocycles. The van der Waals surface area contributed by atoms with E-state index in [2.05, 4.69) is 33.9 Å². The van der Waals surface area contributed by atoms with Gasteiger partial charge in [-0.2, -0.15) is 0 Å². The quantitative estimate of drug-likeness (QED) is 0.268. The molecule has 2 aliphatic carbocycles. The molecule has 2 rings (SSSR count). The van der Waals surface area contributed by atoms with Gasteiger partial charge in [0.1, 0.15) is 11.2 Å². The minimum Gasteiger partial charge on any atom is -0.456 e. The molecule has 2 saturated carbocycles. The molecule has 2 aliphatic rings. The van der Waals surface area contributed by atoms with Crippen molar-refractivity contribution >= 4 is 11.9 Å². The normalized spacial score (nSPS) is 28.0. The van der Waals surface area contributed by atoms with E-state index in [4.69, 9.17) is 9.47 Å². The zero-order valence-corrected chi connectivity index (χ0v) is 19.6. The van der Waals surface area contributed by atoms with Crippen LogP contribution in [-0.2, 0) is 19.1 Å². The van der Waals surface area contributed by atoms with E-state index in [1.54, 1.807) is 6.92 Å². The highest BCUT2D eigenvalue weighted by molar-refractivity contribution is 5.87. The fraction of sp³-hybridized carbons (Fsp3) is 0.769. The number of esters is 2. The third kappa shape index (κ3) is 5.76. The zero-order valence-electron chi connectivity index (χ0n) is 19.6. The van der Waals surface area contributed by atoms with Gasteiger partial charge in [0.25, 0.3) is 0 Å². The van der Waals surface area contributed by atoms with Crippen molar-refractivity contribution in [2.45, 2.75) is 110 Å². The molecule has 0 aromatic carbocycles. The van der Waals surface area contributed by atoms with Crippen LogP contribution in [0.25, 0.3) is 0 Å². The summed E-state index contributed by atoms with van der Waals surface area (Å²) in [7, 11) is 0. The van der Waals surface area contributed by atoms with Gasteiger partial charge in [0.05, 0.1) is 0 Å². The maximum absolute atomic E-state index is 12.4. The SMILES string of the molecule is C=CC(=O)OC1(C(C)C2CCCC(OC(=O)C(=C)C)(C(C)C)CC2)CCCCCC1. The Balaban J connectivity index is 2.21. The fourth-order valence-electron chi connectivity index (χ4n) is 5.58. The average molecular weight is 419 g/mol. The van der Waals surface area contributed by atoms with Crippen LogP contribution < -0.4 is 0 Å². The lowest BCUT2D eigenvalue weighted by Crippen LogP contribution is -2.44. The van der Waals surface area contributed by atoms with Gasteiger partial charge in [-0.05, 0) is 82.5 Å². The Morgan fingerprint density at radius 2 is 1.50 bits per heavy atom. The van der Waals surface area contributed by atoms with E-state index < -0.39 is 11.2 Å². The zero-order chi connectivity index (χ0) is 22.4. The average Bonchev–Trinajstić information content (AvgIpc) is 3.07. The second kappa shape index (κ2) is 10.6. The number of hydrogen-bond donors (Lipinski definition) is 0. The lowest BCUT2D eigenvalue weighted by atomic mass is 9.72. The largest absolute Gasteiger partial charge is 0.456 e. The van der Waals surface area contributed by atoms with Gasteiger partial charge < -0.3 is 9.47 Å². The van der Waals surface area contributed by atoms with Gasteiger partial charge in [-0.25, -0.2) is 9.59 Å². The molecular formula is C26H42O4. The molecule has 3 unspecified atom stereocenters. The Morgan fingerprint density at radius 1 is 0.900 bits per heavy atom. The molecule has 4 nitrogen and oxygen atoms in total. The van der Waals surface area contributed by atoms with Crippen molar-refractivity contribution < 1.29 is 19.1 Å². The van der Waals surface area contributed by atoms with Crippen LogP contribution in [0, 0.1) is 17.8 Å². The Bertz CT molecular complexity index is 627. The maximum Gasteiger partial charge on any atom is 0.333 e. The summed E-state index contributed by atoms with van der Waals surface area (Å²) in [6.07, 6.45) is 12.6. The molecule has 0 aliphatic heterocycles. The maximum atomic E-state index is 12.4. The van der Waals surface area contributed by atoms with Crippen molar-refractivity contribution in [3.05, 3.63) is 24.8 Å². The Kier molecular flexibility index (Phi) is 8.75. The van der Waals surface area contributed by atoms with E-state index >= 15 is 0 Å². The van der Waals surface area contributed by atoms with Crippen LogP contribution in [0.1, 0.15) is 98.3 Å². The first-order valence-corrected chi connectivity index (χ1v) is 11.9. The third-order valence-corrected chi connectivity index (χ3v) is 7.77. The Hall–Kier alpha value is -1.58. The van der Waals surface area contributed by atoms with Crippen molar-refractivity contribution in [3.63, 3.8) is 0 Å². The van der Waals surface area contributed by atoms with E-state index in [1.807, 2.05) is 0 Å². The van der Waals surface area contributed by atoms with Gasteiger partial charge in [0, 0.05) is 11.6 Å². The van der Waals surface area contributed by atoms with Gasteiger partial charge >= 0.3 is 11.9 Å². The summed E-state index contributed by atoms with van der Waals surface area (Å²) in [6.45, 7) is 15.7. The Labute approximate surface area is 183 Å². The van der Waals surface area contributed by atoms with Crippen LogP contribution in [0.2, 0.25) is 0 Å². The first kappa shape index (κ1) is 24.7. The van der Waals surface area contributed by atoms with E-state index in [9.17, 15) is 9.59 Å². The van der Waals surface area contributed by atoms with Gasteiger partial charge in [-0.1, -0.05) is 46.8 Å². The molecular weight excluding hydrogens is 376 g/mol. The molecule has 0 aromatic heterocycles. The molecule has 0 bridgehead atoms. The van der Waals surface area contributed by atoms with Crippen LogP contribution in [0.5, 0.6) is 0 Å². The molecule has 0 N–H and O–H groups in total. The lowest BCUT2D eigenvalue weighted by Gasteiger charge is -2.42. The van der Waals surface area contributed by atoms with Crippen LogP contribution in [0.15, 0.2) is 24.8 Å². The summed E-state index contributed by atoms with van der Waals surface area (Å²) in [5.74, 6) is 0.393. The smallest absolute Gasteiger partial charge is 0.333 e. The van der Waals surface area contributed by atoms with Gasteiger partial charge in [-0.15, -0.1) is 0 Å². The standard InChI is InChI=1S/C26H42O4/c1-7-23(27)29-26(15-10-8-9-11-16-26)21(6)22-13-12-17-25(18-14-22,20(4)5)30-24(28)19(2)3/h7,20-22H,1-2,8-18H2,3-6H3. The molecule has 170 valence electrons. The first-order chi connectivity index (χ1) is 14.2. The van der Waals surface area contributed by atoms with Gasteiger partial charge in [-0.3, -0.25) is 0 Å². The van der Waals surface area contributed by atoms with E-state index in [0.717, 1.165) is 57.8 Å². The van der Waals surface area contributed by atoms with Crippen LogP contribution in [-0.4, -0.2) is 23.1 Å². The topological polar surface area (TPSA) is 52.6 Å². The van der Waals surface area contributed by atoms with Crippen molar-refractivity contribution in [3.8, 4) is 0 Å². The number of ether oxygens (including phenoxy) is 2. The summed E-state index contributed by atoms with van der Waals surface area (Å²) in [4.78, 5) is 24.6. The minimum atomic E-state index is -0.432. The number of carbonyl (C=O) groups excluding carboxylic acids is 2. The minimum absolute atomic E-state index is 0.250. The summed E-state index contributed by atoms with van der Waals surface area (Å²) in [5, 5.41) is 0. The molecule has 30 heavy (non-hydrogen) atoms. The molecule has 0 spiro atoms. The predicted octanol–water partition coefficient (Wildman–Crippen LogP) is 6.54. The highest BCUT2D eigenvalue weighted by atomic mass is 16.6. The van der Waals surface area contributed by atoms with Crippen molar-refractivity contribution in [1.82, 2.24) is 0 Å². The second-order valence-electron chi connectivity index (χ2n) is 9.97. The molecule has 0 amide bonds. The van der Waals surface area contributed by atoms with Crippen LogP contribution in [0.3, 0.4) is 0 Å². The number of hydrogen-bond acceptors (Lipinski definition) is 4. The van der Waals surface area contributed by atoms with Crippen LogP contribution >= 0.6 is 0 Å². The van der Waals surface area contributed by atoms with Crippen molar-refractivity contribution in [2.75, 3.05) is 0 Å². The third-order valence-electron chi connectivity index (χ3n) is 7.77. The lowest BCUT2D eigenvalue weighted by molar-refractivity contribution is -0.166. The van der Waals surface area contributed by atoms with E-state index in [-0.39, 0.29) is 23.8 Å². The highest BCUT2D eigenvalue weighted by Crippen LogP contribution is 2.47. The number of rotatable bonds is 7. The van der Waals surface area contributed by atoms with E-state index in [0.29, 0.717) is 11.5 Å². The highest BCUT2D eigenvalue weighted by Gasteiger charge is 2.46. The molecule has 0 aromatic rings. The van der Waals surface area contributed by atoms with Crippen molar-refractivity contribution in [2.24, 2.45) is 17.8 Å². The summed E-state index contributed by atoms with van der Waals surface area (Å²) >= 11 is 0. The molecule has 2 fully saturated rings. The molecule has 0 radical (unpaired) electrons. The van der Waals surface area contributed by atoms with Gasteiger partial charge in [0.15, 0.2) is 0 Å². The first-order valence-electron chi connectivity index (χ1n) is 11.9. The predicted molar refractivity (Wildman–Crippen MR) is 121 cm³/mol. The van der Waals surface area contributed by atoms with Crippen LogP contribution in [0.4, 0.5) is 0 Å². The molecule has 4 heteroatoms. The fourth-order valence-corrected chi connectivity index (χ4v) is 5.58. The number of carbonyl (C=O) groups is 2. The second-order valence-corrected chi connectivity index (χ2v) is 9.97. The molecule has 3 atom stereocenters. The van der Waals surface area contributed by atoms with Gasteiger partial charge in [0.2, 0.25) is 0 Å². The summed E-state index contributed by atoms with van der Waals surface area (Å²) in [6, 6.07) is 0. The summed E-state index contributed by atoms with van der Waals surface area (Å²) < 4.78 is 12.2. The summed E-state index contributed by atoms with van der Waals surface area (Å²) in [5.41, 5.74) is -0.372. The van der Waals surface area contributed by atoms with Crippen molar-refractivity contribution in [1.29, 1.82) is 0 Å². The van der Waals surface area contributed by atoms with E-state index in [1.165, 1.54) is 18.9 Å². The molecule has 0 heterocycles. The monoisotopic (exact) mass is 418 g/mol. The Morgan fingerprint density at radius 3 is 2.03 bits per heavy atom.